The maximum atomic E-state index is 6.95. The van der Waals surface area contributed by atoms with E-state index in [1.807, 2.05) is 0 Å². The zero-order valence-corrected chi connectivity index (χ0v) is 26.6. The number of hydrogen-bond acceptors (Lipinski definition) is 6. The third kappa shape index (κ3) is 6.63. The molecule has 4 fully saturated rings. The molecule has 0 aromatic heterocycles. The summed E-state index contributed by atoms with van der Waals surface area (Å²) in [5.41, 5.74) is 18.2. The fourth-order valence-electron chi connectivity index (χ4n) is 10.3. The van der Waals surface area contributed by atoms with Gasteiger partial charge in [-0.05, 0) is 125 Å². The summed E-state index contributed by atoms with van der Waals surface area (Å²) in [5.74, 6) is 4.05. The lowest BCUT2D eigenvalue weighted by atomic mass is 9.43. The van der Waals surface area contributed by atoms with Crippen molar-refractivity contribution in [3.63, 3.8) is 0 Å². The molecule has 0 spiro atoms. The molecule has 0 aliphatic heterocycles. The van der Waals surface area contributed by atoms with E-state index in [-0.39, 0.29) is 5.41 Å². The molecular weight excluding hydrogens is 498 g/mol. The van der Waals surface area contributed by atoms with Gasteiger partial charge in [-0.15, -0.1) is 0 Å². The molecular formula is C34H65N3O3. The highest BCUT2D eigenvalue weighted by molar-refractivity contribution is 5.15. The number of unbranched alkanes of at least 4 members (excludes halogenated alkanes) is 1. The smallest absolute Gasteiger partial charge is 0.0637 e. The zero-order chi connectivity index (χ0) is 28.8. The van der Waals surface area contributed by atoms with Crippen molar-refractivity contribution in [1.29, 1.82) is 0 Å². The summed E-state index contributed by atoms with van der Waals surface area (Å²) in [4.78, 5) is 0. The molecule has 0 bridgehead atoms. The van der Waals surface area contributed by atoms with Crippen molar-refractivity contribution in [2.45, 2.75) is 129 Å². The summed E-state index contributed by atoms with van der Waals surface area (Å²) in [6.45, 7) is 14.6. The van der Waals surface area contributed by atoms with Gasteiger partial charge in [-0.25, -0.2) is 0 Å². The molecule has 6 N–H and O–H groups in total. The lowest BCUT2D eigenvalue weighted by molar-refractivity contribution is -0.227. The van der Waals surface area contributed by atoms with Crippen molar-refractivity contribution in [3.8, 4) is 0 Å². The summed E-state index contributed by atoms with van der Waals surface area (Å²) in [6.07, 6.45) is 16.5. The molecule has 0 unspecified atom stereocenters. The number of hydrogen-bond donors (Lipinski definition) is 3. The summed E-state index contributed by atoms with van der Waals surface area (Å²) in [5, 5.41) is 0. The van der Waals surface area contributed by atoms with Crippen LogP contribution < -0.4 is 17.2 Å². The number of ether oxygens (including phenoxy) is 3. The highest BCUT2D eigenvalue weighted by atomic mass is 16.5. The Morgan fingerprint density at radius 1 is 0.775 bits per heavy atom. The van der Waals surface area contributed by atoms with Gasteiger partial charge in [0.15, 0.2) is 0 Å². The van der Waals surface area contributed by atoms with E-state index in [1.54, 1.807) is 0 Å². The standard InChI is InChI=1S/C34H65N3O3/c1-5-6-10-24(2)27-11-12-28-32-29(23-31(34(27,28)4)40-20-9-17-37)33(3)14-13-26(38-18-7-15-35)21-25(33)22-30(32)39-19-8-16-36/h24-32H,5-23,35-37H2,1-4H3/t24-,25+,26-,27-,28+,29+,30-,31+,32+,33+,34-/m1/s1. The molecule has 11 atom stereocenters. The van der Waals surface area contributed by atoms with Gasteiger partial charge in [0.1, 0.15) is 0 Å². The van der Waals surface area contributed by atoms with Crippen molar-refractivity contribution < 1.29 is 14.2 Å². The normalized spacial score (nSPS) is 41.8. The van der Waals surface area contributed by atoms with E-state index in [0.29, 0.717) is 67.0 Å². The predicted molar refractivity (Wildman–Crippen MR) is 165 cm³/mol. The second kappa shape index (κ2) is 15.0. The molecule has 0 aromatic rings. The van der Waals surface area contributed by atoms with Crippen LogP contribution in [0.2, 0.25) is 0 Å². The van der Waals surface area contributed by atoms with Crippen molar-refractivity contribution in [1.82, 2.24) is 0 Å². The Balaban J connectivity index is 1.64. The quantitative estimate of drug-likeness (QED) is 0.202. The van der Waals surface area contributed by atoms with Gasteiger partial charge in [0.05, 0.1) is 18.3 Å². The van der Waals surface area contributed by atoms with E-state index < -0.39 is 0 Å². The first-order chi connectivity index (χ1) is 19.3. The number of rotatable bonds is 16. The molecule has 40 heavy (non-hydrogen) atoms. The molecule has 4 saturated carbocycles. The van der Waals surface area contributed by atoms with Crippen LogP contribution in [0.3, 0.4) is 0 Å². The second-order valence-electron chi connectivity index (χ2n) is 14.6. The van der Waals surface area contributed by atoms with E-state index in [9.17, 15) is 0 Å². The lowest BCUT2D eigenvalue weighted by Gasteiger charge is -2.65. The predicted octanol–water partition coefficient (Wildman–Crippen LogP) is 5.89. The summed E-state index contributed by atoms with van der Waals surface area (Å²) in [7, 11) is 0. The van der Waals surface area contributed by atoms with Gasteiger partial charge >= 0.3 is 0 Å². The van der Waals surface area contributed by atoms with Crippen LogP contribution in [0, 0.1) is 46.3 Å². The molecule has 4 aliphatic rings. The molecule has 6 heteroatoms. The molecule has 0 heterocycles. The minimum Gasteiger partial charge on any atom is -0.378 e. The Labute approximate surface area is 246 Å². The second-order valence-corrected chi connectivity index (χ2v) is 14.6. The van der Waals surface area contributed by atoms with Crippen molar-refractivity contribution in [3.05, 3.63) is 0 Å². The van der Waals surface area contributed by atoms with Crippen LogP contribution in [-0.4, -0.2) is 57.8 Å². The first-order valence-electron chi connectivity index (χ1n) is 17.3. The Hall–Kier alpha value is -0.240. The topological polar surface area (TPSA) is 106 Å². The Bertz CT molecular complexity index is 754. The van der Waals surface area contributed by atoms with Crippen LogP contribution in [0.25, 0.3) is 0 Å². The Morgan fingerprint density at radius 2 is 1.45 bits per heavy atom. The van der Waals surface area contributed by atoms with Crippen LogP contribution in [-0.2, 0) is 14.2 Å². The lowest BCUT2D eigenvalue weighted by Crippen LogP contribution is -2.63. The van der Waals surface area contributed by atoms with Crippen LogP contribution >= 0.6 is 0 Å². The van der Waals surface area contributed by atoms with Crippen LogP contribution in [0.1, 0.15) is 111 Å². The van der Waals surface area contributed by atoms with E-state index >= 15 is 0 Å². The molecule has 0 aromatic carbocycles. The summed E-state index contributed by atoms with van der Waals surface area (Å²) in [6, 6.07) is 0. The molecule has 0 amide bonds. The van der Waals surface area contributed by atoms with E-state index in [1.165, 1.54) is 64.2 Å². The average Bonchev–Trinajstić information content (AvgIpc) is 3.31. The first kappa shape index (κ1) is 32.7. The van der Waals surface area contributed by atoms with E-state index in [4.69, 9.17) is 31.4 Å². The van der Waals surface area contributed by atoms with Gasteiger partial charge in [-0.2, -0.15) is 0 Å². The number of nitrogens with two attached hydrogens (primary N) is 3. The first-order valence-corrected chi connectivity index (χ1v) is 17.3. The van der Waals surface area contributed by atoms with Gasteiger partial charge in [0, 0.05) is 25.2 Å². The summed E-state index contributed by atoms with van der Waals surface area (Å²) >= 11 is 0. The van der Waals surface area contributed by atoms with Crippen LogP contribution in [0.4, 0.5) is 0 Å². The van der Waals surface area contributed by atoms with Gasteiger partial charge in [-0.1, -0.05) is 47.0 Å². The largest absolute Gasteiger partial charge is 0.378 e. The van der Waals surface area contributed by atoms with Gasteiger partial charge in [0.2, 0.25) is 0 Å². The fourth-order valence-corrected chi connectivity index (χ4v) is 10.3. The highest BCUT2D eigenvalue weighted by Crippen LogP contribution is 2.69. The Morgan fingerprint density at radius 3 is 2.12 bits per heavy atom. The number of fused-ring (bicyclic) bond motifs is 5. The molecule has 234 valence electrons. The average molecular weight is 564 g/mol. The molecule has 0 radical (unpaired) electrons. The SMILES string of the molecule is CCCC[C@@H](C)[C@H]1CC[C@H]2[C@@H]3[C@H](OCCCN)C[C@@H]4C[C@H](OCCCN)CC[C@]4(C)[C@H]3C[C@H](OCCCN)[C@]12C. The van der Waals surface area contributed by atoms with Crippen LogP contribution in [0.15, 0.2) is 0 Å². The minimum absolute atomic E-state index is 0.212. The van der Waals surface area contributed by atoms with Crippen molar-refractivity contribution >= 4 is 0 Å². The molecule has 6 nitrogen and oxygen atoms in total. The third-order valence-electron chi connectivity index (χ3n) is 12.5. The van der Waals surface area contributed by atoms with E-state index in [2.05, 4.69) is 27.7 Å². The van der Waals surface area contributed by atoms with E-state index in [0.717, 1.165) is 50.9 Å². The molecule has 0 saturated heterocycles. The van der Waals surface area contributed by atoms with Gasteiger partial charge in [0.25, 0.3) is 0 Å². The minimum atomic E-state index is 0.212. The fraction of sp³-hybridized carbons (Fsp3) is 1.00. The highest BCUT2D eigenvalue weighted by Gasteiger charge is 2.66. The monoisotopic (exact) mass is 564 g/mol. The summed E-state index contributed by atoms with van der Waals surface area (Å²) < 4.78 is 20.2. The van der Waals surface area contributed by atoms with Crippen molar-refractivity contribution in [2.24, 2.45) is 63.5 Å². The molecule has 4 aliphatic carbocycles. The van der Waals surface area contributed by atoms with Crippen molar-refractivity contribution in [2.75, 3.05) is 39.5 Å². The molecule has 4 rings (SSSR count). The van der Waals surface area contributed by atoms with Gasteiger partial charge in [-0.3, -0.25) is 0 Å². The third-order valence-corrected chi connectivity index (χ3v) is 12.5. The van der Waals surface area contributed by atoms with Gasteiger partial charge < -0.3 is 31.4 Å². The Kier molecular flexibility index (Phi) is 12.2. The zero-order valence-electron chi connectivity index (χ0n) is 26.6. The maximum absolute atomic E-state index is 6.95. The maximum Gasteiger partial charge on any atom is 0.0637 e. The van der Waals surface area contributed by atoms with Crippen LogP contribution in [0.5, 0.6) is 0 Å².